The molecule has 0 aliphatic heterocycles. The Bertz CT molecular complexity index is 783. The first-order valence-electron chi connectivity index (χ1n) is 6.65. The Balaban J connectivity index is 2.21. The van der Waals surface area contributed by atoms with E-state index in [-0.39, 0.29) is 6.04 Å². The summed E-state index contributed by atoms with van der Waals surface area (Å²) < 4.78 is 1.03. The van der Waals surface area contributed by atoms with Crippen LogP contribution in [0.2, 0.25) is 5.02 Å². The molecule has 0 amide bonds. The van der Waals surface area contributed by atoms with E-state index in [2.05, 4.69) is 38.4 Å². The molecule has 0 fully saturated rings. The smallest absolute Gasteiger partial charge is 0.0607 e. The highest BCUT2D eigenvalue weighted by molar-refractivity contribution is 9.10. The van der Waals surface area contributed by atoms with Crippen molar-refractivity contribution in [3.05, 3.63) is 75.5 Å². The number of nitrogens with one attached hydrogen (secondary N) is 1. The molecule has 0 aliphatic rings. The van der Waals surface area contributed by atoms with Gasteiger partial charge in [0.15, 0.2) is 0 Å². The Morgan fingerprint density at radius 1 is 1.10 bits per heavy atom. The summed E-state index contributed by atoms with van der Waals surface area (Å²) >= 11 is 9.77. The molecule has 0 saturated carbocycles. The minimum atomic E-state index is 0.0247. The molecule has 3 rings (SSSR count). The molecule has 3 aromatic rings. The van der Waals surface area contributed by atoms with Gasteiger partial charge in [-0.2, -0.15) is 0 Å². The van der Waals surface area contributed by atoms with Crippen molar-refractivity contribution in [2.24, 2.45) is 0 Å². The van der Waals surface area contributed by atoms with Crippen molar-refractivity contribution in [2.75, 3.05) is 7.05 Å². The van der Waals surface area contributed by atoms with E-state index < -0.39 is 0 Å². The van der Waals surface area contributed by atoms with E-state index in [0.717, 1.165) is 26.0 Å². The zero-order valence-electron chi connectivity index (χ0n) is 11.5. The summed E-state index contributed by atoms with van der Waals surface area (Å²) in [6.45, 7) is 0. The van der Waals surface area contributed by atoms with Gasteiger partial charge in [-0.05, 0) is 41.8 Å². The zero-order valence-corrected chi connectivity index (χ0v) is 13.8. The summed E-state index contributed by atoms with van der Waals surface area (Å²) in [7, 11) is 1.94. The van der Waals surface area contributed by atoms with E-state index in [1.54, 1.807) is 0 Å². The first-order chi connectivity index (χ1) is 10.2. The summed E-state index contributed by atoms with van der Waals surface area (Å²) in [6.07, 6.45) is 3.80. The number of nitrogens with zero attached hydrogens (tertiary/aromatic N) is 1. The molecule has 1 aromatic heterocycles. The molecule has 2 aromatic carbocycles. The van der Waals surface area contributed by atoms with Gasteiger partial charge < -0.3 is 5.32 Å². The second kappa shape index (κ2) is 6.14. The molecule has 1 N–H and O–H groups in total. The van der Waals surface area contributed by atoms with Gasteiger partial charge in [-0.3, -0.25) is 4.98 Å². The normalized spacial score (nSPS) is 12.5. The number of hydrogen-bond donors (Lipinski definition) is 1. The van der Waals surface area contributed by atoms with E-state index in [1.165, 1.54) is 5.39 Å². The number of benzene rings is 2. The number of halogens is 2. The summed E-state index contributed by atoms with van der Waals surface area (Å²) in [5.41, 5.74) is 2.24. The fourth-order valence-corrected chi connectivity index (χ4v) is 3.24. The minimum absolute atomic E-state index is 0.0247. The van der Waals surface area contributed by atoms with Crippen LogP contribution in [-0.4, -0.2) is 12.0 Å². The number of fused-ring (bicyclic) bond motifs is 1. The fourth-order valence-electron chi connectivity index (χ4n) is 2.58. The Kier molecular flexibility index (Phi) is 4.24. The predicted octanol–water partition coefficient (Wildman–Crippen LogP) is 4.96. The van der Waals surface area contributed by atoms with Gasteiger partial charge in [-0.15, -0.1) is 0 Å². The molecule has 1 heterocycles. The Morgan fingerprint density at radius 2 is 1.90 bits per heavy atom. The Labute approximate surface area is 137 Å². The maximum atomic E-state index is 6.16. The summed E-state index contributed by atoms with van der Waals surface area (Å²) in [5.74, 6) is 0. The highest BCUT2D eigenvalue weighted by Gasteiger charge is 2.18. The molecule has 4 heteroatoms. The third-order valence-corrected chi connectivity index (χ3v) is 4.53. The molecule has 0 aliphatic carbocycles. The quantitative estimate of drug-likeness (QED) is 0.713. The largest absolute Gasteiger partial charge is 0.309 e. The number of pyridine rings is 1. The summed E-state index contributed by atoms with van der Waals surface area (Å²) in [4.78, 5) is 4.37. The maximum Gasteiger partial charge on any atom is 0.0607 e. The minimum Gasteiger partial charge on any atom is -0.309 e. The van der Waals surface area contributed by atoms with Crippen molar-refractivity contribution in [3.63, 3.8) is 0 Å². The predicted molar refractivity (Wildman–Crippen MR) is 91.8 cm³/mol. The Hall–Kier alpha value is -1.42. The highest BCUT2D eigenvalue weighted by atomic mass is 79.9. The van der Waals surface area contributed by atoms with Crippen molar-refractivity contribution < 1.29 is 0 Å². The van der Waals surface area contributed by atoms with Gasteiger partial charge in [0.1, 0.15) is 0 Å². The lowest BCUT2D eigenvalue weighted by Crippen LogP contribution is -2.18. The maximum absolute atomic E-state index is 6.16. The van der Waals surface area contributed by atoms with Gasteiger partial charge in [-0.25, -0.2) is 0 Å². The molecule has 1 atom stereocenters. The number of aromatic nitrogens is 1. The van der Waals surface area contributed by atoms with Crippen LogP contribution in [0.15, 0.2) is 59.3 Å². The van der Waals surface area contributed by atoms with E-state index >= 15 is 0 Å². The number of rotatable bonds is 3. The van der Waals surface area contributed by atoms with Gasteiger partial charge in [0.2, 0.25) is 0 Å². The van der Waals surface area contributed by atoms with Crippen LogP contribution >= 0.6 is 27.5 Å². The van der Waals surface area contributed by atoms with Gasteiger partial charge in [0, 0.05) is 27.3 Å². The lowest BCUT2D eigenvalue weighted by atomic mass is 9.96. The third kappa shape index (κ3) is 2.82. The van der Waals surface area contributed by atoms with Gasteiger partial charge in [0.25, 0.3) is 0 Å². The van der Waals surface area contributed by atoms with Crippen LogP contribution in [-0.2, 0) is 0 Å². The van der Waals surface area contributed by atoms with E-state index in [4.69, 9.17) is 11.6 Å². The molecule has 0 bridgehead atoms. The van der Waals surface area contributed by atoms with Gasteiger partial charge in [0.05, 0.1) is 6.04 Å². The first-order valence-corrected chi connectivity index (χ1v) is 7.82. The van der Waals surface area contributed by atoms with Crippen LogP contribution in [0, 0.1) is 0 Å². The van der Waals surface area contributed by atoms with Gasteiger partial charge >= 0.3 is 0 Å². The lowest BCUT2D eigenvalue weighted by Gasteiger charge is -2.20. The Morgan fingerprint density at radius 3 is 2.71 bits per heavy atom. The topological polar surface area (TPSA) is 24.9 Å². The molecule has 0 saturated heterocycles. The molecule has 2 nitrogen and oxygen atoms in total. The standard InChI is InChI=1S/C17H14BrClN2/c1-20-17(14-8-12(19)6-7-16(14)18)15-10-21-9-11-4-2-3-5-13(11)15/h2-10,17,20H,1H3. The van der Waals surface area contributed by atoms with Crippen LogP contribution in [0.5, 0.6) is 0 Å². The summed E-state index contributed by atoms with van der Waals surface area (Å²) in [5, 5.41) is 6.42. The zero-order chi connectivity index (χ0) is 14.8. The molecule has 21 heavy (non-hydrogen) atoms. The third-order valence-electron chi connectivity index (χ3n) is 3.57. The second-order valence-electron chi connectivity index (χ2n) is 4.84. The van der Waals surface area contributed by atoms with Crippen LogP contribution in [0.3, 0.4) is 0 Å². The van der Waals surface area contributed by atoms with Crippen LogP contribution in [0.1, 0.15) is 17.2 Å². The molecular formula is C17H14BrClN2. The molecular weight excluding hydrogens is 348 g/mol. The van der Waals surface area contributed by atoms with Crippen molar-refractivity contribution in [2.45, 2.75) is 6.04 Å². The van der Waals surface area contributed by atoms with Crippen LogP contribution < -0.4 is 5.32 Å². The van der Waals surface area contributed by atoms with Crippen molar-refractivity contribution in [3.8, 4) is 0 Å². The average Bonchev–Trinajstić information content (AvgIpc) is 2.51. The van der Waals surface area contributed by atoms with E-state index in [9.17, 15) is 0 Å². The SMILES string of the molecule is CNC(c1cc(Cl)ccc1Br)c1cncc2ccccc12. The van der Waals surface area contributed by atoms with E-state index in [1.807, 2.05) is 49.8 Å². The molecule has 0 radical (unpaired) electrons. The second-order valence-corrected chi connectivity index (χ2v) is 6.13. The van der Waals surface area contributed by atoms with Crippen molar-refractivity contribution in [1.82, 2.24) is 10.3 Å². The molecule has 0 spiro atoms. The average molecular weight is 362 g/mol. The first kappa shape index (κ1) is 14.5. The highest BCUT2D eigenvalue weighted by Crippen LogP contribution is 2.33. The van der Waals surface area contributed by atoms with Crippen molar-refractivity contribution >= 4 is 38.3 Å². The van der Waals surface area contributed by atoms with Crippen LogP contribution in [0.25, 0.3) is 10.8 Å². The molecule has 1 unspecified atom stereocenters. The lowest BCUT2D eigenvalue weighted by molar-refractivity contribution is 0.691. The summed E-state index contributed by atoms with van der Waals surface area (Å²) in [6, 6.07) is 14.1. The number of hydrogen-bond acceptors (Lipinski definition) is 2. The van der Waals surface area contributed by atoms with Crippen molar-refractivity contribution in [1.29, 1.82) is 0 Å². The molecule has 106 valence electrons. The van der Waals surface area contributed by atoms with Crippen LogP contribution in [0.4, 0.5) is 0 Å². The fraction of sp³-hybridized carbons (Fsp3) is 0.118. The monoisotopic (exact) mass is 360 g/mol. The van der Waals surface area contributed by atoms with Gasteiger partial charge in [-0.1, -0.05) is 51.8 Å². The van der Waals surface area contributed by atoms with E-state index in [0.29, 0.717) is 0 Å².